The first-order valence-corrected chi connectivity index (χ1v) is 10.5. The molecule has 0 aliphatic carbocycles. The number of phenolic OH excluding ortho intramolecular Hbond substituents is 1. The second-order valence-corrected chi connectivity index (χ2v) is 8.59. The highest BCUT2D eigenvalue weighted by Gasteiger charge is 2.28. The minimum Gasteiger partial charge on any atom is -0.506 e. The number of amides is 2. The molecule has 1 saturated heterocycles. The Morgan fingerprint density at radius 3 is 2.62 bits per heavy atom. The van der Waals surface area contributed by atoms with E-state index in [4.69, 9.17) is 0 Å². The molecule has 0 saturated carbocycles. The van der Waals surface area contributed by atoms with Gasteiger partial charge < -0.3 is 15.7 Å². The van der Waals surface area contributed by atoms with Gasteiger partial charge in [0.2, 0.25) is 21.8 Å². The number of hydrogen-bond donors (Lipinski definition) is 3. The van der Waals surface area contributed by atoms with Gasteiger partial charge >= 0.3 is 0 Å². The fraction of sp³-hybridized carbons (Fsp3) is 0.263. The van der Waals surface area contributed by atoms with Crippen LogP contribution in [0.5, 0.6) is 5.75 Å². The summed E-state index contributed by atoms with van der Waals surface area (Å²) in [6.07, 6.45) is 0.418. The lowest BCUT2D eigenvalue weighted by atomic mass is 10.1. The summed E-state index contributed by atoms with van der Waals surface area (Å²) in [5.41, 5.74) is 0.847. The Morgan fingerprint density at radius 1 is 1.14 bits per heavy atom. The van der Waals surface area contributed by atoms with Gasteiger partial charge in [0.05, 0.1) is 30.1 Å². The van der Waals surface area contributed by atoms with Crippen LogP contribution in [0.3, 0.4) is 0 Å². The van der Waals surface area contributed by atoms with Crippen molar-refractivity contribution in [2.24, 2.45) is 0 Å². The van der Waals surface area contributed by atoms with Crippen molar-refractivity contribution >= 4 is 33.2 Å². The minimum atomic E-state index is -3.40. The van der Waals surface area contributed by atoms with Crippen LogP contribution in [0.4, 0.5) is 15.8 Å². The molecular weight excluding hydrogens is 401 g/mol. The summed E-state index contributed by atoms with van der Waals surface area (Å²) in [4.78, 5) is 24.0. The summed E-state index contributed by atoms with van der Waals surface area (Å²) in [5, 5.41) is 14.8. The van der Waals surface area contributed by atoms with Gasteiger partial charge in [0.1, 0.15) is 11.6 Å². The molecule has 10 heteroatoms. The summed E-state index contributed by atoms with van der Waals surface area (Å²) in [5.74, 6) is -1.71. The molecule has 29 heavy (non-hydrogen) atoms. The molecule has 1 fully saturated rings. The number of benzene rings is 2. The Balaban J connectivity index is 1.59. The summed E-state index contributed by atoms with van der Waals surface area (Å²) >= 11 is 0. The maximum Gasteiger partial charge on any atom is 0.243 e. The molecule has 3 rings (SSSR count). The van der Waals surface area contributed by atoms with Gasteiger partial charge in [0.25, 0.3) is 0 Å². The van der Waals surface area contributed by atoms with Crippen LogP contribution in [0.2, 0.25) is 0 Å². The van der Waals surface area contributed by atoms with E-state index in [9.17, 15) is 27.5 Å². The van der Waals surface area contributed by atoms with Crippen molar-refractivity contribution in [2.45, 2.75) is 12.8 Å². The van der Waals surface area contributed by atoms with Crippen molar-refractivity contribution in [3.8, 4) is 5.75 Å². The second kappa shape index (κ2) is 8.48. The Hall–Kier alpha value is -3.14. The zero-order chi connectivity index (χ0) is 21.0. The third-order valence-corrected chi connectivity index (χ3v) is 6.21. The predicted octanol–water partition coefficient (Wildman–Crippen LogP) is 1.37. The van der Waals surface area contributed by atoms with Crippen LogP contribution in [0, 0.1) is 5.82 Å². The SMILES string of the molecule is O=C(Cc1cccc(F)c1)NCC(=O)Nc1cc(N2CCCS2(=O)=O)ccc1O. The van der Waals surface area contributed by atoms with Gasteiger partial charge in [0, 0.05) is 6.54 Å². The van der Waals surface area contributed by atoms with E-state index in [-0.39, 0.29) is 30.2 Å². The smallest absolute Gasteiger partial charge is 0.243 e. The van der Waals surface area contributed by atoms with Crippen LogP contribution in [-0.4, -0.2) is 44.2 Å². The third-order valence-electron chi connectivity index (χ3n) is 4.34. The number of nitrogens with zero attached hydrogens (tertiary/aromatic N) is 1. The van der Waals surface area contributed by atoms with Gasteiger partial charge in [-0.2, -0.15) is 0 Å². The van der Waals surface area contributed by atoms with Gasteiger partial charge in [-0.25, -0.2) is 12.8 Å². The lowest BCUT2D eigenvalue weighted by molar-refractivity contribution is -0.123. The van der Waals surface area contributed by atoms with Gasteiger partial charge in [-0.3, -0.25) is 13.9 Å². The second-order valence-electron chi connectivity index (χ2n) is 6.57. The molecule has 0 aromatic heterocycles. The molecule has 2 aromatic rings. The van der Waals surface area contributed by atoms with Crippen LogP contribution in [-0.2, 0) is 26.0 Å². The molecule has 154 valence electrons. The summed E-state index contributed by atoms with van der Waals surface area (Å²) in [6.45, 7) is -0.0313. The first kappa shape index (κ1) is 20.6. The zero-order valence-corrected chi connectivity index (χ0v) is 16.2. The average molecular weight is 421 g/mol. The normalized spacial score (nSPS) is 15.1. The van der Waals surface area contributed by atoms with Crippen molar-refractivity contribution in [3.63, 3.8) is 0 Å². The molecule has 0 atom stereocenters. The third kappa shape index (κ3) is 5.23. The van der Waals surface area contributed by atoms with E-state index in [2.05, 4.69) is 10.6 Å². The molecular formula is C19H20FN3O5S. The van der Waals surface area contributed by atoms with Gasteiger partial charge in [-0.1, -0.05) is 12.1 Å². The first-order chi connectivity index (χ1) is 13.7. The van der Waals surface area contributed by atoms with Crippen molar-refractivity contribution in [3.05, 3.63) is 53.8 Å². The van der Waals surface area contributed by atoms with Gasteiger partial charge in [-0.05, 0) is 42.3 Å². The number of anilines is 2. The number of halogens is 1. The van der Waals surface area contributed by atoms with Crippen molar-refractivity contribution < 1.29 is 27.5 Å². The van der Waals surface area contributed by atoms with Crippen LogP contribution in [0.15, 0.2) is 42.5 Å². The standard InChI is InChI=1S/C19H20FN3O5S/c20-14-4-1-3-13(9-14)10-18(25)21-12-19(26)22-16-11-15(5-6-17(16)24)23-7-2-8-29(23,27)28/h1,3-6,9,11,24H,2,7-8,10,12H2,(H,21,25)(H,22,26). The minimum absolute atomic E-state index is 0.0361. The van der Waals surface area contributed by atoms with E-state index >= 15 is 0 Å². The largest absolute Gasteiger partial charge is 0.506 e. The molecule has 0 spiro atoms. The molecule has 1 heterocycles. The van der Waals surface area contributed by atoms with Crippen LogP contribution < -0.4 is 14.9 Å². The lowest BCUT2D eigenvalue weighted by Gasteiger charge is -2.18. The Morgan fingerprint density at radius 2 is 1.93 bits per heavy atom. The number of sulfonamides is 1. The quantitative estimate of drug-likeness (QED) is 0.610. The summed E-state index contributed by atoms with van der Waals surface area (Å²) in [6, 6.07) is 9.69. The number of phenols is 1. The summed E-state index contributed by atoms with van der Waals surface area (Å²) in [7, 11) is -3.40. The van der Waals surface area contributed by atoms with Gasteiger partial charge in [0.15, 0.2) is 0 Å². The Bertz CT molecular complexity index is 1040. The molecule has 8 nitrogen and oxygen atoms in total. The van der Waals surface area contributed by atoms with Crippen molar-refractivity contribution in [1.82, 2.24) is 5.32 Å². The fourth-order valence-corrected chi connectivity index (χ4v) is 4.53. The fourth-order valence-electron chi connectivity index (χ4n) is 2.98. The number of aromatic hydroxyl groups is 1. The number of hydrogen-bond acceptors (Lipinski definition) is 5. The highest BCUT2D eigenvalue weighted by Crippen LogP contribution is 2.31. The number of rotatable bonds is 6. The monoisotopic (exact) mass is 421 g/mol. The maximum atomic E-state index is 13.1. The molecule has 1 aliphatic rings. The first-order valence-electron chi connectivity index (χ1n) is 8.89. The Labute approximate surface area is 167 Å². The van der Waals surface area contributed by atoms with Gasteiger partial charge in [-0.15, -0.1) is 0 Å². The average Bonchev–Trinajstić information content (AvgIpc) is 3.01. The predicted molar refractivity (Wildman–Crippen MR) is 106 cm³/mol. The molecule has 0 bridgehead atoms. The van der Waals surface area contributed by atoms with Crippen LogP contribution in [0.25, 0.3) is 0 Å². The molecule has 1 aliphatic heterocycles. The highest BCUT2D eigenvalue weighted by molar-refractivity contribution is 7.93. The molecule has 2 amide bonds. The topological polar surface area (TPSA) is 116 Å². The molecule has 3 N–H and O–H groups in total. The van der Waals surface area contributed by atoms with E-state index in [1.165, 1.54) is 40.7 Å². The van der Waals surface area contributed by atoms with E-state index in [1.54, 1.807) is 6.07 Å². The number of nitrogens with one attached hydrogen (secondary N) is 2. The van der Waals surface area contributed by atoms with Crippen LogP contribution in [0.1, 0.15) is 12.0 Å². The zero-order valence-electron chi connectivity index (χ0n) is 15.4. The van der Waals surface area contributed by atoms with E-state index in [1.807, 2.05) is 0 Å². The highest BCUT2D eigenvalue weighted by atomic mass is 32.2. The Kier molecular flexibility index (Phi) is 6.02. The van der Waals surface area contributed by atoms with E-state index in [0.717, 1.165) is 0 Å². The molecule has 2 aromatic carbocycles. The number of carbonyl (C=O) groups excluding carboxylic acids is 2. The van der Waals surface area contributed by atoms with Crippen molar-refractivity contribution in [1.29, 1.82) is 0 Å². The van der Waals surface area contributed by atoms with Crippen LogP contribution >= 0.6 is 0 Å². The lowest BCUT2D eigenvalue weighted by Crippen LogP contribution is -2.33. The van der Waals surface area contributed by atoms with E-state index < -0.39 is 27.7 Å². The van der Waals surface area contributed by atoms with Crippen molar-refractivity contribution in [2.75, 3.05) is 28.5 Å². The maximum absolute atomic E-state index is 13.1. The summed E-state index contributed by atoms with van der Waals surface area (Å²) < 4.78 is 38.4. The number of carbonyl (C=O) groups is 2. The van der Waals surface area contributed by atoms with E-state index in [0.29, 0.717) is 24.2 Å². The molecule has 0 radical (unpaired) electrons. The molecule has 0 unspecified atom stereocenters.